The summed E-state index contributed by atoms with van der Waals surface area (Å²) in [5.41, 5.74) is -0.412. The van der Waals surface area contributed by atoms with E-state index in [0.717, 1.165) is 0 Å². The van der Waals surface area contributed by atoms with Gasteiger partial charge in [-0.1, -0.05) is 17.5 Å². The zero-order valence-electron chi connectivity index (χ0n) is 14.3. The number of ether oxygens (including phenoxy) is 1. The molecule has 1 aliphatic heterocycles. The molecule has 0 bridgehead atoms. The van der Waals surface area contributed by atoms with Gasteiger partial charge in [-0.3, -0.25) is 9.42 Å². The van der Waals surface area contributed by atoms with Gasteiger partial charge in [0, 0.05) is 34.2 Å². The molecule has 1 saturated heterocycles. The molecule has 4 N–H and O–H groups in total. The van der Waals surface area contributed by atoms with Crippen molar-refractivity contribution in [1.29, 1.82) is 5.41 Å². The van der Waals surface area contributed by atoms with Crippen molar-refractivity contribution in [2.24, 2.45) is 0 Å². The zero-order valence-corrected chi connectivity index (χ0v) is 16.9. The highest BCUT2D eigenvalue weighted by atomic mass is 35.5. The lowest BCUT2D eigenvalue weighted by atomic mass is 9.99. The summed E-state index contributed by atoms with van der Waals surface area (Å²) in [7, 11) is -8.26. The number of aromatic nitrogens is 1. The third-order valence-corrected chi connectivity index (χ3v) is 6.22. The van der Waals surface area contributed by atoms with Crippen molar-refractivity contribution in [3.63, 3.8) is 0 Å². The molecule has 1 fully saturated rings. The van der Waals surface area contributed by atoms with Crippen LogP contribution in [-0.4, -0.2) is 43.5 Å². The van der Waals surface area contributed by atoms with Gasteiger partial charge < -0.3 is 19.8 Å². The molecule has 2 rings (SSSR count). The van der Waals surface area contributed by atoms with Crippen LogP contribution in [0.4, 0.5) is 0 Å². The van der Waals surface area contributed by atoms with Crippen LogP contribution in [0.5, 0.6) is 0 Å². The second kappa shape index (κ2) is 8.10. The van der Waals surface area contributed by atoms with E-state index in [1.165, 1.54) is 6.20 Å². The quantitative estimate of drug-likeness (QED) is 0.287. The summed E-state index contributed by atoms with van der Waals surface area (Å²) in [6, 6.07) is 0. The Morgan fingerprint density at radius 2 is 2.33 bits per heavy atom. The fourth-order valence-corrected chi connectivity index (χ4v) is 4.48. The van der Waals surface area contributed by atoms with E-state index in [4.69, 9.17) is 33.1 Å². The first-order valence-corrected chi connectivity index (χ1v) is 10.5. The number of nitrogens with zero attached hydrogens (tertiary/aromatic N) is 1. The van der Waals surface area contributed by atoms with Gasteiger partial charge in [0.25, 0.3) is 0 Å². The minimum Gasteiger partial charge on any atom is -0.389 e. The van der Waals surface area contributed by atoms with Gasteiger partial charge in [0.1, 0.15) is 18.9 Å². The van der Waals surface area contributed by atoms with Crippen molar-refractivity contribution in [1.82, 2.24) is 4.57 Å². The van der Waals surface area contributed by atoms with E-state index < -0.39 is 40.6 Å². The van der Waals surface area contributed by atoms with Gasteiger partial charge in [-0.15, -0.1) is 11.3 Å². The largest absolute Gasteiger partial charge is 0.705 e. The molecule has 10 nitrogen and oxygen atoms in total. The zero-order chi connectivity index (χ0) is 20.6. The van der Waals surface area contributed by atoms with E-state index in [9.17, 15) is 19.1 Å². The second-order valence-corrected chi connectivity index (χ2v) is 8.62. The van der Waals surface area contributed by atoms with Crippen molar-refractivity contribution in [2.45, 2.75) is 38.2 Å². The average Bonchev–Trinajstić information content (AvgIpc) is 3.01. The van der Waals surface area contributed by atoms with Crippen LogP contribution in [0.2, 0.25) is 5.02 Å². The van der Waals surface area contributed by atoms with E-state index in [1.807, 2.05) is 0 Å². The predicted octanol–water partition coefficient (Wildman–Crippen LogP) is 2.27. The molecule has 0 spiro atoms. The van der Waals surface area contributed by atoms with Gasteiger partial charge in [-0.05, 0) is 18.2 Å². The number of nitrogens with one attached hydrogen (secondary N) is 1. The molecule has 5 atom stereocenters. The van der Waals surface area contributed by atoms with Crippen molar-refractivity contribution in [3.05, 3.63) is 22.5 Å². The highest BCUT2D eigenvalue weighted by molar-refractivity contribution is 7.55. The fourth-order valence-electron chi connectivity index (χ4n) is 2.85. The van der Waals surface area contributed by atoms with Crippen molar-refractivity contribution in [3.8, 4) is 12.3 Å². The normalized spacial score (nSPS) is 27.8. The Kier molecular flexibility index (Phi) is 6.65. The summed E-state index contributed by atoms with van der Waals surface area (Å²) in [4.78, 5) is 18.0. The first-order chi connectivity index (χ1) is 12.4. The van der Waals surface area contributed by atoms with Gasteiger partial charge in [0.15, 0.2) is 5.60 Å². The van der Waals surface area contributed by atoms with Gasteiger partial charge in [0.2, 0.25) is 0 Å². The third kappa shape index (κ3) is 4.66. The lowest BCUT2D eigenvalue weighted by molar-refractivity contribution is -0.0885. The topological polar surface area (TPSA) is 151 Å². The second-order valence-electron chi connectivity index (χ2n) is 5.89. The van der Waals surface area contributed by atoms with Gasteiger partial charge in [-0.25, -0.2) is 4.57 Å². The Morgan fingerprint density at radius 1 is 1.70 bits per heavy atom. The molecule has 1 aliphatic rings. The summed E-state index contributed by atoms with van der Waals surface area (Å²) < 4.78 is 38.0. The van der Waals surface area contributed by atoms with Crippen molar-refractivity contribution >= 4 is 33.4 Å². The Balaban J connectivity index is 2.24. The highest BCUT2D eigenvalue weighted by Crippen LogP contribution is 2.52. The molecular weight excluding hydrogens is 422 g/mol. The van der Waals surface area contributed by atoms with E-state index in [2.05, 4.69) is 14.8 Å². The highest BCUT2D eigenvalue weighted by Gasteiger charge is 2.50. The van der Waals surface area contributed by atoms with Gasteiger partial charge in [-0.2, -0.15) is 0 Å². The Morgan fingerprint density at radius 3 is 2.81 bits per heavy atom. The van der Waals surface area contributed by atoms with Crippen LogP contribution < -0.4 is 0 Å². The molecule has 1 aromatic heterocycles. The van der Waals surface area contributed by atoms with Crippen LogP contribution in [0.25, 0.3) is 0 Å². The summed E-state index contributed by atoms with van der Waals surface area (Å²) in [6.07, 6.45) is 4.94. The lowest BCUT2D eigenvalue weighted by Gasteiger charge is -2.26. The molecule has 0 saturated carbocycles. The number of rotatable bonds is 7. The Bertz CT molecular complexity index is 866. The monoisotopic (exact) mass is 439 g/mol. The number of terminal acetylenes is 1. The maximum atomic E-state index is 11.6. The Hall–Kier alpha value is -1.11. The molecule has 148 valence electrons. The van der Waals surface area contributed by atoms with Crippen molar-refractivity contribution < 1.29 is 37.6 Å². The number of aliphatic hydroxyl groups excluding tert-OH is 1. The summed E-state index contributed by atoms with van der Waals surface area (Å²) in [5, 5.41) is 18.5. The van der Waals surface area contributed by atoms with Gasteiger partial charge >= 0.3 is 16.1 Å². The van der Waals surface area contributed by atoms with Gasteiger partial charge in [0.05, 0.1) is 5.02 Å². The third-order valence-electron chi connectivity index (χ3n) is 4.09. The van der Waals surface area contributed by atoms with Crippen LogP contribution in [0.3, 0.4) is 0 Å². The predicted molar refractivity (Wildman–Crippen MR) is 95.7 cm³/mol. The SMILES string of the molecule is C#CC1(COP(=O)(O)O[P+](=O)O)OC(n2cc(Cl)c(C(C)=N)c2C)CC1O. The molecular formula is C14H18ClN2O8P2+. The van der Waals surface area contributed by atoms with Crippen LogP contribution in [-0.2, 0) is 22.7 Å². The molecule has 5 unspecified atom stereocenters. The minimum atomic E-state index is -4.88. The van der Waals surface area contributed by atoms with E-state index in [-0.39, 0.29) is 12.1 Å². The van der Waals surface area contributed by atoms with Crippen molar-refractivity contribution in [2.75, 3.05) is 6.61 Å². The maximum absolute atomic E-state index is 11.6. The van der Waals surface area contributed by atoms with E-state index in [0.29, 0.717) is 16.3 Å². The molecule has 27 heavy (non-hydrogen) atoms. The lowest BCUT2D eigenvalue weighted by Crippen LogP contribution is -2.42. The molecule has 2 heterocycles. The first-order valence-electron chi connectivity index (χ1n) is 7.51. The molecule has 13 heteroatoms. The van der Waals surface area contributed by atoms with Crippen LogP contribution in [0.1, 0.15) is 30.8 Å². The van der Waals surface area contributed by atoms with E-state index in [1.54, 1.807) is 18.4 Å². The number of hydrogen-bond acceptors (Lipinski definition) is 7. The van der Waals surface area contributed by atoms with Crippen LogP contribution in [0, 0.1) is 24.7 Å². The Labute approximate surface area is 161 Å². The number of aliphatic hydroxyl groups is 1. The summed E-state index contributed by atoms with van der Waals surface area (Å²) in [5.74, 6) is 2.21. The number of halogens is 1. The fraction of sp³-hybridized carbons (Fsp3) is 0.500. The standard InChI is InChI=1S/C14H17ClN2O8P2/c1-4-14(7-23-27(21,22)25-26(19)20)11(18)5-12(24-14)17-6-10(15)13(8(2)16)9(17)3/h1,6,11-12,16,18H,5,7H2,2-3H3,(H-,19,20,21,22)/p+1. The number of phosphoric ester groups is 1. The molecule has 0 amide bonds. The van der Waals surface area contributed by atoms with Crippen LogP contribution >= 0.6 is 27.7 Å². The average molecular weight is 440 g/mol. The summed E-state index contributed by atoms with van der Waals surface area (Å²) >= 11 is 6.15. The molecule has 0 aliphatic carbocycles. The molecule has 0 aromatic carbocycles. The van der Waals surface area contributed by atoms with Crippen LogP contribution in [0.15, 0.2) is 6.20 Å². The number of hydrogen-bond donors (Lipinski definition) is 4. The maximum Gasteiger partial charge on any atom is 0.705 e. The molecule has 1 aromatic rings. The number of phosphoric acid groups is 1. The smallest absolute Gasteiger partial charge is 0.389 e. The first kappa shape index (κ1) is 22.2. The summed E-state index contributed by atoms with van der Waals surface area (Å²) in [6.45, 7) is 2.53. The molecule has 0 radical (unpaired) electrons. The van der Waals surface area contributed by atoms with E-state index >= 15 is 0 Å². The minimum absolute atomic E-state index is 0.0146.